The Morgan fingerprint density at radius 2 is 2.23 bits per heavy atom. The minimum absolute atomic E-state index is 0.0397. The third-order valence-electron chi connectivity index (χ3n) is 1.38. The molecule has 1 nitrogen and oxygen atoms in total. The third kappa shape index (κ3) is 2.61. The molecule has 0 aliphatic heterocycles. The van der Waals surface area contributed by atoms with Crippen molar-refractivity contribution in [3.05, 3.63) is 28.5 Å². The summed E-state index contributed by atoms with van der Waals surface area (Å²) in [5, 5.41) is 0.811. The van der Waals surface area contributed by atoms with Crippen LogP contribution in [0.25, 0.3) is 0 Å². The highest BCUT2D eigenvalue weighted by Crippen LogP contribution is 2.21. The zero-order valence-electron chi connectivity index (χ0n) is 6.57. The smallest absolute Gasteiger partial charge is 0.148 e. The van der Waals surface area contributed by atoms with Crippen molar-refractivity contribution in [3.63, 3.8) is 0 Å². The van der Waals surface area contributed by atoms with Crippen molar-refractivity contribution >= 4 is 33.2 Å². The Labute approximate surface area is 89.2 Å². The van der Waals surface area contributed by atoms with Gasteiger partial charge in [-0.1, -0.05) is 39.4 Å². The summed E-state index contributed by atoms with van der Waals surface area (Å²) in [6, 6.07) is 2.70. The summed E-state index contributed by atoms with van der Waals surface area (Å²) in [4.78, 5) is 0. The molecule has 0 aliphatic carbocycles. The molecular formula is C9H6BrClFN. The van der Waals surface area contributed by atoms with Crippen molar-refractivity contribution in [1.29, 1.82) is 0 Å². The maximum Gasteiger partial charge on any atom is 0.148 e. The first-order valence-electron chi connectivity index (χ1n) is 3.44. The minimum Gasteiger partial charge on any atom is -0.395 e. The van der Waals surface area contributed by atoms with Crippen molar-refractivity contribution in [2.45, 2.75) is 0 Å². The average Bonchev–Trinajstić information content (AvgIpc) is 2.09. The fourth-order valence-corrected chi connectivity index (χ4v) is 1.16. The molecular weight excluding hydrogens is 256 g/mol. The number of rotatable bonds is 0. The molecule has 0 atom stereocenters. The SMILES string of the molecule is Nc1c(F)cc(Cl)cc1C#CCBr. The van der Waals surface area contributed by atoms with E-state index in [0.717, 1.165) is 6.07 Å². The van der Waals surface area contributed by atoms with Gasteiger partial charge in [0.15, 0.2) is 0 Å². The molecule has 0 unspecified atom stereocenters. The Balaban J connectivity index is 3.20. The van der Waals surface area contributed by atoms with Crippen molar-refractivity contribution in [1.82, 2.24) is 0 Å². The normalized spacial score (nSPS) is 9.15. The average molecular weight is 263 g/mol. The van der Waals surface area contributed by atoms with E-state index >= 15 is 0 Å². The summed E-state index contributed by atoms with van der Waals surface area (Å²) < 4.78 is 13.0. The van der Waals surface area contributed by atoms with Crippen molar-refractivity contribution < 1.29 is 4.39 Å². The molecule has 0 saturated carbocycles. The van der Waals surface area contributed by atoms with Crippen molar-refractivity contribution in [2.24, 2.45) is 0 Å². The van der Waals surface area contributed by atoms with Crippen LogP contribution in [0.4, 0.5) is 10.1 Å². The number of hydrogen-bond acceptors (Lipinski definition) is 1. The van der Waals surface area contributed by atoms with Crippen LogP contribution in [0.2, 0.25) is 5.02 Å². The van der Waals surface area contributed by atoms with Crippen LogP contribution in [0, 0.1) is 17.7 Å². The Hall–Kier alpha value is -0.720. The summed E-state index contributed by atoms with van der Waals surface area (Å²) in [6.07, 6.45) is 0. The van der Waals surface area contributed by atoms with E-state index < -0.39 is 5.82 Å². The number of halogens is 3. The van der Waals surface area contributed by atoms with Crippen LogP contribution in [0.15, 0.2) is 12.1 Å². The molecule has 1 rings (SSSR count). The largest absolute Gasteiger partial charge is 0.395 e. The van der Waals surface area contributed by atoms with Crippen LogP contribution in [-0.4, -0.2) is 5.33 Å². The van der Waals surface area contributed by atoms with Gasteiger partial charge >= 0.3 is 0 Å². The Morgan fingerprint density at radius 3 is 2.85 bits per heavy atom. The van der Waals surface area contributed by atoms with Gasteiger partial charge in [0, 0.05) is 5.02 Å². The topological polar surface area (TPSA) is 26.0 Å². The van der Waals surface area contributed by atoms with Gasteiger partial charge in [-0.25, -0.2) is 4.39 Å². The third-order valence-corrected chi connectivity index (χ3v) is 1.88. The van der Waals surface area contributed by atoms with Gasteiger partial charge in [-0.05, 0) is 12.1 Å². The van der Waals surface area contributed by atoms with Crippen LogP contribution in [0.5, 0.6) is 0 Å². The second kappa shape index (κ2) is 4.50. The molecule has 1 aromatic rings. The molecule has 0 radical (unpaired) electrons. The van der Waals surface area contributed by atoms with Crippen LogP contribution >= 0.6 is 27.5 Å². The van der Waals surface area contributed by atoms with E-state index in [-0.39, 0.29) is 5.69 Å². The minimum atomic E-state index is -0.536. The number of nitrogen functional groups attached to an aromatic ring is 1. The lowest BCUT2D eigenvalue weighted by Gasteiger charge is -2.00. The van der Waals surface area contributed by atoms with Gasteiger partial charge < -0.3 is 5.73 Å². The quantitative estimate of drug-likeness (QED) is 0.434. The molecule has 0 spiro atoms. The van der Waals surface area contributed by atoms with Crippen LogP contribution in [0.1, 0.15) is 5.56 Å². The molecule has 68 valence electrons. The highest BCUT2D eigenvalue weighted by Gasteiger charge is 2.04. The summed E-state index contributed by atoms with van der Waals surface area (Å²) in [7, 11) is 0. The Kier molecular flexibility index (Phi) is 3.58. The van der Waals surface area contributed by atoms with E-state index in [4.69, 9.17) is 17.3 Å². The Morgan fingerprint density at radius 1 is 1.54 bits per heavy atom. The maximum absolute atomic E-state index is 13.0. The molecule has 0 saturated heterocycles. The predicted molar refractivity (Wildman–Crippen MR) is 56.5 cm³/mol. The fraction of sp³-hybridized carbons (Fsp3) is 0.111. The Bertz CT molecular complexity index is 381. The first-order chi connectivity index (χ1) is 6.15. The summed E-state index contributed by atoms with van der Waals surface area (Å²) >= 11 is 8.75. The predicted octanol–water partition coefficient (Wildman–Crippen LogP) is 2.81. The highest BCUT2D eigenvalue weighted by atomic mass is 79.9. The number of alkyl halides is 1. The molecule has 0 aromatic heterocycles. The van der Waals surface area contributed by atoms with E-state index in [1.54, 1.807) is 0 Å². The zero-order chi connectivity index (χ0) is 9.84. The van der Waals surface area contributed by atoms with E-state index in [0.29, 0.717) is 15.9 Å². The van der Waals surface area contributed by atoms with Gasteiger partial charge in [0.25, 0.3) is 0 Å². The monoisotopic (exact) mass is 261 g/mol. The molecule has 13 heavy (non-hydrogen) atoms. The van der Waals surface area contributed by atoms with Gasteiger partial charge in [0.1, 0.15) is 5.82 Å². The number of benzene rings is 1. The molecule has 1 aromatic carbocycles. The van der Waals surface area contributed by atoms with Crippen LogP contribution in [0.3, 0.4) is 0 Å². The molecule has 0 amide bonds. The van der Waals surface area contributed by atoms with Gasteiger partial charge in [-0.15, -0.1) is 0 Å². The standard InChI is InChI=1S/C9H6BrClFN/c10-3-1-2-6-4-7(11)5-8(12)9(6)13/h4-5H,3,13H2. The van der Waals surface area contributed by atoms with E-state index in [1.165, 1.54) is 6.07 Å². The second-order valence-corrected chi connectivity index (χ2v) is 3.28. The first-order valence-corrected chi connectivity index (χ1v) is 4.94. The summed E-state index contributed by atoms with van der Waals surface area (Å²) in [5.74, 6) is 4.88. The molecule has 0 aliphatic rings. The van der Waals surface area contributed by atoms with Crippen LogP contribution < -0.4 is 5.73 Å². The zero-order valence-corrected chi connectivity index (χ0v) is 8.91. The van der Waals surface area contributed by atoms with Gasteiger partial charge in [-0.2, -0.15) is 0 Å². The lowest BCUT2D eigenvalue weighted by molar-refractivity contribution is 0.632. The molecule has 0 fully saturated rings. The number of hydrogen-bond donors (Lipinski definition) is 1. The summed E-state index contributed by atoms with van der Waals surface area (Å²) in [5.41, 5.74) is 5.90. The summed E-state index contributed by atoms with van der Waals surface area (Å²) in [6.45, 7) is 0. The van der Waals surface area contributed by atoms with Gasteiger partial charge in [0.2, 0.25) is 0 Å². The lowest BCUT2D eigenvalue weighted by atomic mass is 10.2. The molecule has 0 heterocycles. The van der Waals surface area contributed by atoms with E-state index in [9.17, 15) is 4.39 Å². The van der Waals surface area contributed by atoms with Gasteiger partial charge in [0.05, 0.1) is 16.6 Å². The van der Waals surface area contributed by atoms with Crippen molar-refractivity contribution in [3.8, 4) is 11.8 Å². The second-order valence-electron chi connectivity index (χ2n) is 2.28. The molecule has 0 bridgehead atoms. The van der Waals surface area contributed by atoms with Crippen LogP contribution in [-0.2, 0) is 0 Å². The molecule has 4 heteroatoms. The van der Waals surface area contributed by atoms with E-state index in [2.05, 4.69) is 27.8 Å². The maximum atomic E-state index is 13.0. The van der Waals surface area contributed by atoms with Gasteiger partial charge in [-0.3, -0.25) is 0 Å². The number of anilines is 1. The lowest BCUT2D eigenvalue weighted by Crippen LogP contribution is -1.94. The first kappa shape index (κ1) is 10.4. The molecule has 2 N–H and O–H groups in total. The highest BCUT2D eigenvalue weighted by molar-refractivity contribution is 9.09. The van der Waals surface area contributed by atoms with Crippen molar-refractivity contribution in [2.75, 3.05) is 11.1 Å². The number of nitrogens with two attached hydrogens (primary N) is 1. The fourth-order valence-electron chi connectivity index (χ4n) is 0.817. The van der Waals surface area contributed by atoms with E-state index in [1.807, 2.05) is 0 Å².